The number of nitriles is 1. The van der Waals surface area contributed by atoms with E-state index >= 15 is 0 Å². The number of fused-ring (bicyclic) bond motifs is 1. The van der Waals surface area contributed by atoms with E-state index in [-0.39, 0.29) is 21.9 Å². The number of nitrogens with zero attached hydrogens (tertiary/aromatic N) is 5. The Morgan fingerprint density at radius 1 is 1.24 bits per heavy atom. The number of carbonyl (C=O) groups excluding carboxylic acids is 1. The van der Waals surface area contributed by atoms with Gasteiger partial charge < -0.3 is 9.80 Å². The highest BCUT2D eigenvalue weighted by Gasteiger charge is 2.48. The van der Waals surface area contributed by atoms with Crippen LogP contribution in [0.4, 0.5) is 10.1 Å². The van der Waals surface area contributed by atoms with Crippen molar-refractivity contribution >= 4 is 51.0 Å². The van der Waals surface area contributed by atoms with Crippen molar-refractivity contribution in [3.05, 3.63) is 24.2 Å². The second-order valence-electron chi connectivity index (χ2n) is 10.4. The number of pyridine rings is 1. The zero-order chi connectivity index (χ0) is 26.4. The number of hydrogen-bond acceptors (Lipinski definition) is 9. The van der Waals surface area contributed by atoms with Gasteiger partial charge in [0.05, 0.1) is 34.2 Å². The Kier molecular flexibility index (Phi) is 6.98. The van der Waals surface area contributed by atoms with Crippen LogP contribution in [0.25, 0.3) is 5.65 Å². The van der Waals surface area contributed by atoms with Crippen LogP contribution in [-0.2, 0) is 4.79 Å². The number of carbonyl (C=O) groups is 1. The third kappa shape index (κ3) is 5.09. The van der Waals surface area contributed by atoms with E-state index in [1.54, 1.807) is 6.20 Å². The van der Waals surface area contributed by atoms with E-state index in [1.165, 1.54) is 11.9 Å². The molecule has 2 aromatic rings. The molecule has 0 atom stereocenters. The number of thioether (sulfide) groups is 1. The lowest BCUT2D eigenvalue weighted by atomic mass is 10.1. The highest BCUT2D eigenvalue weighted by molar-refractivity contribution is 8.26. The third-order valence-corrected chi connectivity index (χ3v) is 9.32. The van der Waals surface area contributed by atoms with E-state index in [1.807, 2.05) is 35.4 Å². The minimum atomic E-state index is -0.744. The molecule has 3 aliphatic rings. The summed E-state index contributed by atoms with van der Waals surface area (Å²) in [6, 6.07) is 4.25. The highest BCUT2D eigenvalue weighted by Crippen LogP contribution is 2.49. The van der Waals surface area contributed by atoms with Crippen LogP contribution in [0.3, 0.4) is 0 Å². The molecule has 196 valence electrons. The van der Waals surface area contributed by atoms with Crippen molar-refractivity contribution in [3.63, 3.8) is 0 Å². The molecule has 37 heavy (non-hydrogen) atoms. The highest BCUT2D eigenvalue weighted by atomic mass is 32.2. The average molecular weight is 543 g/mol. The quantitative estimate of drug-likeness (QED) is 0.261. The van der Waals surface area contributed by atoms with Crippen molar-refractivity contribution in [2.45, 2.75) is 50.0 Å². The number of nitrogens with one attached hydrogen (secondary N) is 3. The van der Waals surface area contributed by atoms with E-state index in [9.17, 15) is 14.4 Å². The molecule has 0 spiro atoms. The second-order valence-corrected chi connectivity index (χ2v) is 12.3. The number of hydrogen-bond donors (Lipinski definition) is 3. The lowest BCUT2D eigenvalue weighted by Crippen LogP contribution is -2.50. The minimum Gasteiger partial charge on any atom is -0.365 e. The summed E-state index contributed by atoms with van der Waals surface area (Å²) < 4.78 is 18.6. The number of piperazine rings is 1. The van der Waals surface area contributed by atoms with Crippen molar-refractivity contribution in [2.75, 3.05) is 37.8 Å². The molecule has 2 aromatic heterocycles. The fourth-order valence-corrected chi connectivity index (χ4v) is 6.21. The predicted octanol–water partition coefficient (Wildman–Crippen LogP) is 4.08. The Labute approximate surface area is 224 Å². The molecule has 0 bridgehead atoms. The minimum absolute atomic E-state index is 0.0396. The molecule has 1 amide bonds. The van der Waals surface area contributed by atoms with Gasteiger partial charge in [0.1, 0.15) is 17.1 Å². The van der Waals surface area contributed by atoms with Gasteiger partial charge in [0.15, 0.2) is 5.65 Å². The first-order valence-electron chi connectivity index (χ1n) is 12.5. The Balaban J connectivity index is 1.43. The van der Waals surface area contributed by atoms with Crippen LogP contribution in [0.5, 0.6) is 0 Å². The van der Waals surface area contributed by atoms with E-state index in [0.717, 1.165) is 35.2 Å². The van der Waals surface area contributed by atoms with E-state index in [4.69, 9.17) is 10.8 Å². The molecule has 3 fully saturated rings. The van der Waals surface area contributed by atoms with Crippen LogP contribution >= 0.6 is 23.7 Å². The van der Waals surface area contributed by atoms with Crippen molar-refractivity contribution in [3.8, 4) is 6.07 Å². The largest absolute Gasteiger partial charge is 0.365 e. The molecule has 0 aromatic carbocycles. The van der Waals surface area contributed by atoms with Gasteiger partial charge in [0, 0.05) is 43.2 Å². The summed E-state index contributed by atoms with van der Waals surface area (Å²) in [6.45, 7) is 5.97. The maximum atomic E-state index is 13.5. The van der Waals surface area contributed by atoms with Crippen molar-refractivity contribution in [1.29, 1.82) is 16.1 Å². The summed E-state index contributed by atoms with van der Waals surface area (Å²) in [4.78, 5) is 22.1. The standard InChI is InChI=1S/C25H31FN8OS2/c1-16(2)22(35)33-9-7-32(8-10-33)18-11-17(37-31-25(14-26)5-6-25)13-34-19(12-30-21(18)34)20(28)36-23(29)24(15-27)3-4-24/h11-13,16,28-29,31H,3-10,14H2,1-2H3. The van der Waals surface area contributed by atoms with Gasteiger partial charge in [-0.15, -0.1) is 0 Å². The molecule has 9 nitrogen and oxygen atoms in total. The predicted molar refractivity (Wildman–Crippen MR) is 145 cm³/mol. The molecule has 12 heteroatoms. The molecular formula is C25H31FN8OS2. The third-order valence-electron chi connectivity index (χ3n) is 7.32. The fourth-order valence-electron chi connectivity index (χ4n) is 4.38. The van der Waals surface area contributed by atoms with Gasteiger partial charge in [-0.05, 0) is 43.7 Å². The first-order valence-corrected chi connectivity index (χ1v) is 14.2. The van der Waals surface area contributed by atoms with Gasteiger partial charge in [-0.25, -0.2) is 9.37 Å². The summed E-state index contributed by atoms with van der Waals surface area (Å²) in [5, 5.41) is 26.9. The topological polar surface area (TPSA) is 124 Å². The Morgan fingerprint density at radius 3 is 2.51 bits per heavy atom. The molecule has 2 aliphatic carbocycles. The number of aromatic nitrogens is 2. The molecule has 1 aliphatic heterocycles. The molecule has 1 saturated heterocycles. The monoisotopic (exact) mass is 542 g/mol. The second kappa shape index (κ2) is 9.93. The van der Waals surface area contributed by atoms with E-state index in [0.29, 0.717) is 50.4 Å². The van der Waals surface area contributed by atoms with Gasteiger partial charge in [-0.1, -0.05) is 25.6 Å². The van der Waals surface area contributed by atoms with Crippen LogP contribution in [0.2, 0.25) is 0 Å². The summed E-state index contributed by atoms with van der Waals surface area (Å²) >= 11 is 2.38. The average Bonchev–Trinajstić information content (AvgIpc) is 3.83. The Bertz CT molecular complexity index is 1290. The lowest BCUT2D eigenvalue weighted by molar-refractivity contribution is -0.134. The Morgan fingerprint density at radius 2 is 1.95 bits per heavy atom. The normalized spacial score (nSPS) is 19.6. The SMILES string of the molecule is CC(C)C(=O)N1CCN(c2cc(SNC3(CF)CC3)cn3c(C(=N)SC(=N)C4(C#N)CC4)cnc23)CC1. The molecule has 0 unspecified atom stereocenters. The van der Waals surface area contributed by atoms with Gasteiger partial charge >= 0.3 is 0 Å². The molecule has 0 radical (unpaired) electrons. The molecule has 3 heterocycles. The van der Waals surface area contributed by atoms with Crippen molar-refractivity contribution < 1.29 is 9.18 Å². The van der Waals surface area contributed by atoms with Crippen LogP contribution < -0.4 is 9.62 Å². The van der Waals surface area contributed by atoms with E-state index < -0.39 is 17.6 Å². The zero-order valence-corrected chi connectivity index (χ0v) is 22.6. The van der Waals surface area contributed by atoms with Crippen LogP contribution in [0.15, 0.2) is 23.4 Å². The van der Waals surface area contributed by atoms with Crippen LogP contribution in [0.1, 0.15) is 45.2 Å². The first kappa shape index (κ1) is 26.0. The maximum Gasteiger partial charge on any atom is 0.225 e. The van der Waals surface area contributed by atoms with Crippen molar-refractivity contribution in [2.24, 2.45) is 11.3 Å². The summed E-state index contributed by atoms with van der Waals surface area (Å²) in [7, 11) is 0. The van der Waals surface area contributed by atoms with Crippen molar-refractivity contribution in [1.82, 2.24) is 19.0 Å². The van der Waals surface area contributed by atoms with Gasteiger partial charge in [0.2, 0.25) is 5.91 Å². The zero-order valence-electron chi connectivity index (χ0n) is 21.0. The number of amides is 1. The van der Waals surface area contributed by atoms with Gasteiger partial charge in [-0.3, -0.25) is 24.7 Å². The number of rotatable bonds is 8. The molecule has 3 N–H and O–H groups in total. The van der Waals surface area contributed by atoms with Crippen LogP contribution in [-0.4, -0.2) is 68.7 Å². The van der Waals surface area contributed by atoms with Gasteiger partial charge in [-0.2, -0.15) is 5.26 Å². The first-order chi connectivity index (χ1) is 17.7. The number of alkyl halides is 1. The molecule has 5 rings (SSSR count). The number of imidazole rings is 1. The van der Waals surface area contributed by atoms with E-state index in [2.05, 4.69) is 20.7 Å². The smallest absolute Gasteiger partial charge is 0.225 e. The molecular weight excluding hydrogens is 511 g/mol. The number of halogens is 1. The van der Waals surface area contributed by atoms with Gasteiger partial charge in [0.25, 0.3) is 0 Å². The maximum absolute atomic E-state index is 13.5. The summed E-state index contributed by atoms with van der Waals surface area (Å²) in [5.41, 5.74) is 0.915. The molecule has 2 saturated carbocycles. The summed E-state index contributed by atoms with van der Waals surface area (Å²) in [6.07, 6.45) is 6.46. The lowest BCUT2D eigenvalue weighted by Gasteiger charge is -2.37. The number of anilines is 1. The van der Waals surface area contributed by atoms with Crippen LogP contribution in [0, 0.1) is 33.5 Å². The summed E-state index contributed by atoms with van der Waals surface area (Å²) in [5.74, 6) is 0.114. The fraction of sp³-hybridized carbons (Fsp3) is 0.560. The Hall–Kier alpha value is -2.62.